The Morgan fingerprint density at radius 1 is 0.938 bits per heavy atom. The van der Waals surface area contributed by atoms with E-state index < -0.39 is 11.9 Å². The van der Waals surface area contributed by atoms with Crippen LogP contribution < -0.4 is 0 Å². The lowest BCUT2D eigenvalue weighted by atomic mass is 10.1. The summed E-state index contributed by atoms with van der Waals surface area (Å²) in [6.07, 6.45) is 0.539. The first kappa shape index (κ1) is 28.3. The van der Waals surface area contributed by atoms with Crippen LogP contribution in [0.1, 0.15) is 54.9 Å². The molecule has 0 unspecified atom stereocenters. The van der Waals surface area contributed by atoms with Gasteiger partial charge in [0.15, 0.2) is 0 Å². The molecular weight excluding hydrogens is 491 g/mol. The summed E-state index contributed by atoms with van der Waals surface area (Å²) in [5.74, 6) is -0.596. The molecule has 0 radical (unpaired) electrons. The number of esters is 2. The number of hydrogen-bond donors (Lipinski definition) is 2. The van der Waals surface area contributed by atoms with Crippen LogP contribution in [0.5, 0.6) is 0 Å². The van der Waals surface area contributed by atoms with Crippen LogP contribution in [-0.4, -0.2) is 52.6 Å². The van der Waals surface area contributed by atoms with Crippen LogP contribution in [0.2, 0.25) is 0 Å². The molecule has 0 amide bonds. The van der Waals surface area contributed by atoms with E-state index >= 15 is 0 Å². The molecule has 11 heteroatoms. The first-order valence-corrected chi connectivity index (χ1v) is 12.7. The molecule has 0 aromatic carbocycles. The van der Waals surface area contributed by atoms with Crippen molar-refractivity contribution in [3.8, 4) is 0 Å². The topological polar surface area (TPSA) is 99.6 Å². The maximum absolute atomic E-state index is 12.1. The van der Waals surface area contributed by atoms with E-state index in [1.165, 1.54) is 11.5 Å². The normalized spacial score (nSPS) is 10.2. The van der Waals surface area contributed by atoms with Gasteiger partial charge in [0, 0.05) is 34.1 Å². The van der Waals surface area contributed by atoms with Gasteiger partial charge in [-0.3, -0.25) is 9.59 Å². The maximum Gasteiger partial charge on any atom is 0.348 e. The molecule has 0 aliphatic rings. The molecule has 0 fully saturated rings. The number of rotatable bonds is 10. The second-order valence-electron chi connectivity index (χ2n) is 6.48. The first-order chi connectivity index (χ1) is 15.2. The Kier molecular flexibility index (Phi) is 12.8. The highest BCUT2D eigenvalue weighted by Gasteiger charge is 2.26. The number of ether oxygens (including phenoxy) is 2. The second-order valence-corrected chi connectivity index (χ2v) is 9.10. The average molecular weight is 518 g/mol. The molecule has 0 saturated carbocycles. The van der Waals surface area contributed by atoms with E-state index in [2.05, 4.69) is 29.6 Å². The summed E-state index contributed by atoms with van der Waals surface area (Å²) < 4.78 is 14.0. The van der Waals surface area contributed by atoms with E-state index in [9.17, 15) is 19.2 Å². The minimum Gasteiger partial charge on any atom is -0.462 e. The Morgan fingerprint density at radius 2 is 1.50 bits per heavy atom. The highest BCUT2D eigenvalue weighted by molar-refractivity contribution is 7.81. The van der Waals surface area contributed by atoms with Crippen molar-refractivity contribution in [1.82, 2.24) is 4.37 Å². The molecule has 2 heterocycles. The van der Waals surface area contributed by atoms with Gasteiger partial charge in [-0.1, -0.05) is 0 Å². The number of hydrogen-bond acceptors (Lipinski definition) is 11. The molecular formula is C21H27NO6S4. The van der Waals surface area contributed by atoms with Crippen molar-refractivity contribution in [3.63, 3.8) is 0 Å². The van der Waals surface area contributed by atoms with Gasteiger partial charge in [0.05, 0.1) is 24.5 Å². The molecule has 176 valence electrons. The summed E-state index contributed by atoms with van der Waals surface area (Å²) in [7, 11) is 0. The summed E-state index contributed by atoms with van der Waals surface area (Å²) in [6, 6.07) is 1.94. The molecule has 0 saturated heterocycles. The highest BCUT2D eigenvalue weighted by Crippen LogP contribution is 2.30. The van der Waals surface area contributed by atoms with Gasteiger partial charge < -0.3 is 9.47 Å². The quantitative estimate of drug-likeness (QED) is 0.364. The van der Waals surface area contributed by atoms with Crippen LogP contribution in [0, 0.1) is 13.8 Å². The van der Waals surface area contributed by atoms with Crippen molar-refractivity contribution >= 4 is 71.6 Å². The zero-order valence-electron chi connectivity index (χ0n) is 18.4. The zero-order valence-corrected chi connectivity index (χ0v) is 21.8. The average Bonchev–Trinajstić information content (AvgIpc) is 3.30. The molecule has 32 heavy (non-hydrogen) atoms. The van der Waals surface area contributed by atoms with Gasteiger partial charge in [-0.2, -0.15) is 29.6 Å². The van der Waals surface area contributed by atoms with Gasteiger partial charge in [0.2, 0.25) is 0 Å². The van der Waals surface area contributed by atoms with E-state index in [1.807, 2.05) is 13.0 Å². The molecule has 0 aliphatic heterocycles. The first-order valence-electron chi connectivity index (χ1n) is 9.82. The van der Waals surface area contributed by atoms with Gasteiger partial charge >= 0.3 is 11.9 Å². The minimum atomic E-state index is -0.524. The predicted octanol–water partition coefficient (Wildman–Crippen LogP) is 3.94. The molecule has 2 aromatic heterocycles. The van der Waals surface area contributed by atoms with Crippen molar-refractivity contribution in [2.24, 2.45) is 0 Å². The molecule has 0 spiro atoms. The van der Waals surface area contributed by atoms with Gasteiger partial charge in [0.25, 0.3) is 0 Å². The van der Waals surface area contributed by atoms with Gasteiger partial charge in [-0.15, -0.1) is 11.3 Å². The lowest BCUT2D eigenvalue weighted by Gasteiger charge is -2.04. The van der Waals surface area contributed by atoms with E-state index in [-0.39, 0.29) is 37.0 Å². The number of thiophene rings is 1. The smallest absolute Gasteiger partial charge is 0.348 e. The van der Waals surface area contributed by atoms with Crippen LogP contribution >= 0.6 is 48.1 Å². The van der Waals surface area contributed by atoms with Crippen LogP contribution in [-0.2, 0) is 31.9 Å². The van der Waals surface area contributed by atoms with Crippen LogP contribution in [0.3, 0.4) is 0 Å². The number of carbonyl (C=O) groups is 4. The Morgan fingerprint density at radius 3 is 2.00 bits per heavy atom. The van der Waals surface area contributed by atoms with Crippen molar-refractivity contribution in [3.05, 3.63) is 37.5 Å². The molecule has 2 rings (SSSR count). The number of ketones is 2. The van der Waals surface area contributed by atoms with E-state index in [0.717, 1.165) is 21.9 Å². The maximum atomic E-state index is 12.1. The van der Waals surface area contributed by atoms with Crippen LogP contribution in [0.25, 0.3) is 0 Å². The largest absolute Gasteiger partial charge is 0.462 e. The monoisotopic (exact) mass is 517 g/mol. The van der Waals surface area contributed by atoms with E-state index in [4.69, 9.17) is 9.47 Å². The van der Waals surface area contributed by atoms with Crippen molar-refractivity contribution < 1.29 is 28.7 Å². The van der Waals surface area contributed by atoms with Crippen molar-refractivity contribution in [2.75, 3.05) is 24.7 Å². The number of nitrogens with zero attached hydrogens (tertiary/aromatic N) is 1. The fourth-order valence-corrected chi connectivity index (χ4v) is 4.75. The third-order valence-corrected chi connectivity index (χ3v) is 6.77. The number of Topliss-reactive ketones (excluding diaryl/α,β-unsaturated/α-hetero) is 2. The Hall–Kier alpha value is -1.69. The molecule has 2 aromatic rings. The Bertz CT molecular complexity index is 950. The van der Waals surface area contributed by atoms with E-state index in [0.29, 0.717) is 33.1 Å². The number of aromatic nitrogens is 1. The lowest BCUT2D eigenvalue weighted by Crippen LogP contribution is -2.11. The van der Waals surface area contributed by atoms with Crippen LogP contribution in [0.15, 0.2) is 6.07 Å². The molecule has 0 N–H and O–H groups in total. The lowest BCUT2D eigenvalue weighted by molar-refractivity contribution is -0.116. The Balaban J connectivity index is 0.000000389. The highest BCUT2D eigenvalue weighted by atomic mass is 32.1. The standard InChI is InChI=1S/C14H18O5S2.C7H9NOS2/c1-4-18-13(16)11-8(3)12(14(17)19-5-2)21-10(11)6-9(15)7-20;1-5-2-7(11-8-5)3-6(9)4-10/h20H,4-7H2,1-3H3;2,10H,3-4H2,1H3. The van der Waals surface area contributed by atoms with Crippen LogP contribution in [0.4, 0.5) is 0 Å². The summed E-state index contributed by atoms with van der Waals surface area (Å²) in [5.41, 5.74) is 1.77. The molecule has 0 aliphatic carbocycles. The second kappa shape index (κ2) is 14.5. The van der Waals surface area contributed by atoms with Crippen molar-refractivity contribution in [2.45, 2.75) is 40.5 Å². The van der Waals surface area contributed by atoms with Gasteiger partial charge in [-0.25, -0.2) is 9.59 Å². The molecule has 7 nitrogen and oxygen atoms in total. The number of aryl methyl sites for hydroxylation is 1. The van der Waals surface area contributed by atoms with E-state index in [1.54, 1.807) is 20.8 Å². The summed E-state index contributed by atoms with van der Waals surface area (Å²) in [6.45, 7) is 7.45. The third kappa shape index (κ3) is 8.68. The molecule has 0 bridgehead atoms. The fraction of sp³-hybridized carbons (Fsp3) is 0.476. The summed E-state index contributed by atoms with van der Waals surface area (Å²) in [4.78, 5) is 48.3. The Labute approximate surface area is 206 Å². The molecule has 0 atom stereocenters. The van der Waals surface area contributed by atoms with Crippen molar-refractivity contribution in [1.29, 1.82) is 0 Å². The zero-order chi connectivity index (χ0) is 24.3. The number of carbonyl (C=O) groups excluding carboxylic acids is 4. The predicted molar refractivity (Wildman–Crippen MR) is 133 cm³/mol. The number of thiol groups is 2. The summed E-state index contributed by atoms with van der Waals surface area (Å²) in [5, 5.41) is 0. The van der Waals surface area contributed by atoms with Gasteiger partial charge in [-0.05, 0) is 50.9 Å². The fourth-order valence-electron chi connectivity index (χ4n) is 2.54. The summed E-state index contributed by atoms with van der Waals surface area (Å²) >= 11 is 10.3. The third-order valence-electron chi connectivity index (χ3n) is 3.92. The minimum absolute atomic E-state index is 0.0581. The SMILES string of the molecule is CCOC(=O)c1sc(CC(=O)CS)c(C(=O)OCC)c1C.Cc1cc(CC(=O)CS)sn1. The van der Waals surface area contributed by atoms with Gasteiger partial charge in [0.1, 0.15) is 16.4 Å².